The average molecular weight is 785 g/mol. The molecule has 4 nitrogen and oxygen atoms in total. The first-order valence-electron chi connectivity index (χ1n) is 21.6. The van der Waals surface area contributed by atoms with Crippen molar-refractivity contribution in [3.63, 3.8) is 0 Å². The monoisotopic (exact) mass is 784 g/mol. The molecule has 0 fully saturated rings. The molecule has 8 aromatic carbocycles. The van der Waals surface area contributed by atoms with E-state index in [0.29, 0.717) is 0 Å². The number of hydrogen-bond acceptors (Lipinski definition) is 3. The molecule has 0 bridgehead atoms. The Bertz CT molecular complexity index is 3800. The van der Waals surface area contributed by atoms with Crippen molar-refractivity contribution in [1.82, 2.24) is 4.57 Å². The van der Waals surface area contributed by atoms with Gasteiger partial charge in [0.05, 0.1) is 11.0 Å². The normalized spacial score (nSPS) is 14.8. The van der Waals surface area contributed by atoms with E-state index in [9.17, 15) is 0 Å². The summed E-state index contributed by atoms with van der Waals surface area (Å²) in [6.45, 7) is 13.9. The molecular formula is C56H41BN2O2. The van der Waals surface area contributed by atoms with E-state index >= 15 is 0 Å². The van der Waals surface area contributed by atoms with E-state index in [-0.39, 0.29) is 17.7 Å². The second-order valence-corrected chi connectivity index (χ2v) is 19.3. The van der Waals surface area contributed by atoms with Crippen LogP contribution in [0.1, 0.15) is 56.9 Å². The molecule has 0 radical (unpaired) electrons. The van der Waals surface area contributed by atoms with Crippen LogP contribution in [-0.4, -0.2) is 11.4 Å². The molecule has 14 rings (SSSR count). The molecule has 0 atom stereocenters. The zero-order valence-corrected chi connectivity index (χ0v) is 35.1. The maximum absolute atomic E-state index is 6.71. The summed E-state index contributed by atoms with van der Waals surface area (Å²) in [6, 6.07) is 52.3. The van der Waals surface area contributed by atoms with E-state index in [1.807, 2.05) is 0 Å². The summed E-state index contributed by atoms with van der Waals surface area (Å²) in [5, 5.41) is 7.02. The molecule has 3 aliphatic rings. The largest absolute Gasteiger partial charge is 0.456 e. The molecule has 11 aromatic rings. The molecule has 0 saturated carbocycles. The van der Waals surface area contributed by atoms with Crippen LogP contribution in [0.5, 0.6) is 0 Å². The Labute approximate surface area is 353 Å². The highest BCUT2D eigenvalue weighted by molar-refractivity contribution is 6.94. The topological polar surface area (TPSA) is 34.5 Å². The molecule has 61 heavy (non-hydrogen) atoms. The van der Waals surface area contributed by atoms with Crippen molar-refractivity contribution in [3.05, 3.63) is 162 Å². The number of nitrogens with zero attached hydrogens (tertiary/aromatic N) is 2. The van der Waals surface area contributed by atoms with Crippen LogP contribution >= 0.6 is 0 Å². The maximum atomic E-state index is 6.71. The van der Waals surface area contributed by atoms with Gasteiger partial charge >= 0.3 is 6.85 Å². The third kappa shape index (κ3) is 4.17. The zero-order valence-electron chi connectivity index (χ0n) is 35.1. The molecule has 2 aliphatic heterocycles. The van der Waals surface area contributed by atoms with Gasteiger partial charge in [0.1, 0.15) is 22.3 Å². The highest BCUT2D eigenvalue weighted by Crippen LogP contribution is 2.55. The second kappa shape index (κ2) is 11.0. The molecule has 0 N–H and O–H groups in total. The molecule has 5 heterocycles. The number of benzene rings is 8. The Morgan fingerprint density at radius 1 is 0.541 bits per heavy atom. The SMILES string of the molecule is Cc1cc2c3c4c1c1cc5oc6ccccc6c5cc1n4-c1cc4oc5ccccc5c4cc1B3N(c1ccc(C(C)(C)C)cc1)c1cc3c(cc1-2)C(C)(C)c1ccccc1-3. The summed E-state index contributed by atoms with van der Waals surface area (Å²) >= 11 is 0. The number of rotatable bonds is 1. The predicted octanol–water partition coefficient (Wildman–Crippen LogP) is 13.7. The van der Waals surface area contributed by atoms with Gasteiger partial charge in [0.15, 0.2) is 0 Å². The lowest BCUT2D eigenvalue weighted by molar-refractivity contribution is 0.590. The lowest BCUT2D eigenvalue weighted by Crippen LogP contribution is -2.60. The van der Waals surface area contributed by atoms with Crippen LogP contribution in [0, 0.1) is 6.92 Å². The van der Waals surface area contributed by atoms with Crippen LogP contribution < -0.4 is 15.7 Å². The first-order valence-corrected chi connectivity index (χ1v) is 21.6. The van der Waals surface area contributed by atoms with E-state index in [1.54, 1.807) is 0 Å². The van der Waals surface area contributed by atoms with Gasteiger partial charge in [-0.25, -0.2) is 0 Å². The molecular weight excluding hydrogens is 743 g/mol. The van der Waals surface area contributed by atoms with Gasteiger partial charge in [-0.3, -0.25) is 0 Å². The van der Waals surface area contributed by atoms with Gasteiger partial charge in [0.25, 0.3) is 0 Å². The van der Waals surface area contributed by atoms with Crippen molar-refractivity contribution in [1.29, 1.82) is 0 Å². The minimum Gasteiger partial charge on any atom is -0.456 e. The number of para-hydroxylation sites is 2. The van der Waals surface area contributed by atoms with Gasteiger partial charge in [-0.05, 0) is 111 Å². The minimum atomic E-state index is -0.139. The number of furan rings is 2. The summed E-state index contributed by atoms with van der Waals surface area (Å²) in [7, 11) is 0. The van der Waals surface area contributed by atoms with E-state index < -0.39 is 0 Å². The highest BCUT2D eigenvalue weighted by atomic mass is 16.3. The number of aryl methyl sites for hydroxylation is 1. The van der Waals surface area contributed by atoms with Crippen LogP contribution in [0.2, 0.25) is 0 Å². The van der Waals surface area contributed by atoms with Crippen molar-refractivity contribution in [3.8, 4) is 27.9 Å². The van der Waals surface area contributed by atoms with Crippen LogP contribution in [-0.2, 0) is 10.8 Å². The number of anilines is 2. The first-order chi connectivity index (χ1) is 29.5. The van der Waals surface area contributed by atoms with Crippen molar-refractivity contribution >= 4 is 94.8 Å². The van der Waals surface area contributed by atoms with Crippen molar-refractivity contribution < 1.29 is 8.83 Å². The number of aromatic nitrogens is 1. The standard InChI is InChI=1S/C56H41BN2O2/c1-30-23-40-37-24-43-36(33-13-7-10-16-42(33)56(43,5)6)26-46(37)59(32-21-19-31(20-22-32)55(2,3)4)57-44-25-38-34-14-8-11-17-48(34)61-51(38)29-47(44)58-45-27-39-35-15-9-12-18-49(35)60-50(39)28-41(45)52(30)54(58)53(40)57/h7-29H,1-6H3. The fourth-order valence-electron chi connectivity index (χ4n) is 11.7. The van der Waals surface area contributed by atoms with Gasteiger partial charge in [-0.1, -0.05) is 120 Å². The quantitative estimate of drug-likeness (QED) is 0.156. The van der Waals surface area contributed by atoms with Gasteiger partial charge in [0, 0.05) is 66.4 Å². The summed E-state index contributed by atoms with van der Waals surface area (Å²) in [5.74, 6) is 0. The van der Waals surface area contributed by atoms with E-state index in [2.05, 4.69) is 190 Å². The number of hydrogen-bond donors (Lipinski definition) is 0. The van der Waals surface area contributed by atoms with E-state index in [0.717, 1.165) is 49.6 Å². The molecule has 0 amide bonds. The van der Waals surface area contributed by atoms with Gasteiger partial charge in [-0.2, -0.15) is 0 Å². The third-order valence-electron chi connectivity index (χ3n) is 14.6. The predicted molar refractivity (Wildman–Crippen MR) is 255 cm³/mol. The third-order valence-corrected chi connectivity index (χ3v) is 14.6. The fourth-order valence-corrected chi connectivity index (χ4v) is 11.7. The summed E-state index contributed by atoms with van der Waals surface area (Å²) in [6.07, 6.45) is 0. The van der Waals surface area contributed by atoms with E-state index in [1.165, 1.54) is 88.6 Å². The Balaban J connectivity index is 1.18. The lowest BCUT2D eigenvalue weighted by atomic mass is 9.43. The average Bonchev–Trinajstić information content (AvgIpc) is 3.98. The minimum absolute atomic E-state index is 0.0293. The molecule has 290 valence electrons. The van der Waals surface area contributed by atoms with Crippen LogP contribution in [0.15, 0.2) is 148 Å². The van der Waals surface area contributed by atoms with Gasteiger partial charge in [0.2, 0.25) is 0 Å². The summed E-state index contributed by atoms with van der Waals surface area (Å²) in [5.41, 5.74) is 22.7. The Kier molecular flexibility index (Phi) is 6.12. The van der Waals surface area contributed by atoms with Crippen molar-refractivity contribution in [2.75, 3.05) is 4.81 Å². The lowest BCUT2D eigenvalue weighted by Gasteiger charge is -2.43. The molecule has 0 unspecified atom stereocenters. The molecule has 3 aromatic heterocycles. The number of fused-ring (bicyclic) bond motifs is 17. The highest BCUT2D eigenvalue weighted by Gasteiger charge is 2.46. The van der Waals surface area contributed by atoms with Crippen molar-refractivity contribution in [2.45, 2.75) is 52.4 Å². The smallest absolute Gasteiger partial charge is 0.333 e. The van der Waals surface area contributed by atoms with Gasteiger partial charge in [-0.15, -0.1) is 0 Å². The van der Waals surface area contributed by atoms with Crippen LogP contribution in [0.25, 0.3) is 93.6 Å². The molecule has 0 saturated heterocycles. The molecule has 1 aliphatic carbocycles. The summed E-state index contributed by atoms with van der Waals surface area (Å²) in [4.78, 5) is 2.67. The Hall–Kier alpha value is -6.98. The zero-order chi connectivity index (χ0) is 40.8. The first kappa shape index (κ1) is 33.8. The van der Waals surface area contributed by atoms with Crippen molar-refractivity contribution in [2.24, 2.45) is 0 Å². The molecule has 0 spiro atoms. The second-order valence-electron chi connectivity index (χ2n) is 19.3. The fraction of sp³-hybridized carbons (Fsp3) is 0.143. The van der Waals surface area contributed by atoms with Crippen LogP contribution in [0.3, 0.4) is 0 Å². The maximum Gasteiger partial charge on any atom is 0.333 e. The van der Waals surface area contributed by atoms with Gasteiger partial charge < -0.3 is 18.2 Å². The molecule has 5 heteroatoms. The van der Waals surface area contributed by atoms with E-state index in [4.69, 9.17) is 8.83 Å². The summed E-state index contributed by atoms with van der Waals surface area (Å²) < 4.78 is 15.9. The van der Waals surface area contributed by atoms with Crippen LogP contribution in [0.4, 0.5) is 11.4 Å². The Morgan fingerprint density at radius 2 is 1.21 bits per heavy atom. The Morgan fingerprint density at radius 3 is 1.95 bits per heavy atom.